The van der Waals surface area contributed by atoms with Crippen LogP contribution in [0.1, 0.15) is 125 Å². The largest absolute Gasteiger partial charge is 0.508 e. The zero-order valence-corrected chi connectivity index (χ0v) is 64.6. The van der Waals surface area contributed by atoms with E-state index in [1.54, 1.807) is 32.9 Å². The van der Waals surface area contributed by atoms with E-state index in [0.717, 1.165) is 83.4 Å². The highest BCUT2D eigenvalue weighted by Crippen LogP contribution is 2.50. The zero-order valence-electron chi connectivity index (χ0n) is 62.3. The molecule has 0 saturated carbocycles. The van der Waals surface area contributed by atoms with Gasteiger partial charge in [-0.05, 0) is 137 Å². The van der Waals surface area contributed by atoms with Crippen molar-refractivity contribution in [3.8, 4) is 68.2 Å². The molecule has 10 unspecified atom stereocenters. The molecule has 2 fully saturated rings. The van der Waals surface area contributed by atoms with Crippen LogP contribution < -0.4 is 57.2 Å². The number of primary amides is 1. The van der Waals surface area contributed by atoms with E-state index in [2.05, 4.69) is 47.2 Å². The standard InChI is InChI=1S/C79H82Cl3N11O23.CH4/c1-32(2)20-33(3)71(103)91-62-64(98)39-13-18-51(46(81)22-39)112-53-24-41-25-54(68(53)116-78-69(67(101)66(100)55(114-78)31-86-93-84)115-57-29-79(5,70(102)34(4)111-57)85-30-35-6-8-36(9-7-35)37-10-15-42(80)16-11-37)113-52-19-14-40(23-47(52)82)65(99)63-76(108)90-61(77(109)110)45-26-43(94)27-50(96)58(45)44-21-38(12-17-49(44)95)59(73(105)92-63)89-74(106)60(41)88-72(104)48(28-56(83)97)87-75(62)107;/h6-19,21-27,32-34,48,55,57,59-67,69-70,78,85,94-96,98-102H,20,28-31H2,1-5H3,(H2,83,97)(H,87,107)(H,88,104)(H,89,106)(H,90,108)(H,91,103)(H,92,105)(H,109,110);1H4/t33-,34?,48-,55?,57?,59?,60+,61+,62+,63-,64+,65+,66?,67?,69?,70?,78?,79?;/m0./s1. The summed E-state index contributed by atoms with van der Waals surface area (Å²) in [5, 5.41) is 127. The van der Waals surface area contributed by atoms with E-state index in [-0.39, 0.29) is 60.2 Å². The van der Waals surface area contributed by atoms with Gasteiger partial charge < -0.3 is 117 Å². The number of aliphatic hydroxyl groups is 5. The number of carboxylic acid groups (broad SMARTS) is 1. The van der Waals surface area contributed by atoms with E-state index < -0.39 is 237 Å². The predicted molar refractivity (Wildman–Crippen MR) is 419 cm³/mol. The smallest absolute Gasteiger partial charge is 0.330 e. The van der Waals surface area contributed by atoms with Gasteiger partial charge in [0.25, 0.3) is 0 Å². The van der Waals surface area contributed by atoms with Crippen molar-refractivity contribution in [3.05, 3.63) is 186 Å². The summed E-state index contributed by atoms with van der Waals surface area (Å²) in [6, 6.07) is 15.3. The molecule has 7 heterocycles. The number of ether oxygens (including phenoxy) is 6. The van der Waals surface area contributed by atoms with Crippen molar-refractivity contribution in [2.24, 2.45) is 22.7 Å². The van der Waals surface area contributed by atoms with E-state index in [0.29, 0.717) is 5.02 Å². The lowest BCUT2D eigenvalue weighted by molar-refractivity contribution is -0.331. The Hall–Kier alpha value is -11.1. The molecule has 18 atom stereocenters. The minimum absolute atomic E-state index is 0. The van der Waals surface area contributed by atoms with Crippen molar-refractivity contribution < 1.29 is 113 Å². The SMILES string of the molecule is C.CC(C)C[C@H](C)C(=O)N[C@H]1C(=O)N[C@@H](CC(N)=O)C(=O)N[C@H]2C(=O)NC3C(=O)N[C@H](C(=O)N[C@@H](C(=O)O)c4cc(O)cc(O)c4-c4cc3ccc4O)[C@H](O)c3ccc(c(Cl)c3)Oc3cc2cc(c3OC2OC(CN=[N+]=[N-])C(O)C(O)C2OC2CC(C)(NCc3ccc(-c4ccc(Cl)cc4)cc3)C(O)C(C)O2)Oc2ccc(cc2Cl)[C@H]1O. The molecule has 0 aliphatic carbocycles. The highest BCUT2D eigenvalue weighted by atomic mass is 35.5. The van der Waals surface area contributed by atoms with E-state index in [9.17, 15) is 75.5 Å². The molecule has 7 aromatic rings. The number of aromatic hydroxyl groups is 3. The molecule has 620 valence electrons. The van der Waals surface area contributed by atoms with Gasteiger partial charge in [0.15, 0.2) is 29.9 Å². The van der Waals surface area contributed by atoms with Crippen LogP contribution in [0, 0.1) is 11.8 Å². The first-order valence-corrected chi connectivity index (χ1v) is 37.7. The normalized spacial score (nSPS) is 26.8. The number of benzene rings is 7. The number of phenolic OH excluding ortho intramolecular Hbond substituents is 3. The molecule has 34 nitrogen and oxygen atoms in total. The van der Waals surface area contributed by atoms with Gasteiger partial charge in [0.1, 0.15) is 83.4 Å². The Bertz CT molecular complexity index is 5030. The predicted octanol–water partition coefficient (Wildman–Crippen LogP) is 7.26. The molecular formula is C80H86Cl3N11O23. The lowest BCUT2D eigenvalue weighted by Crippen LogP contribution is -2.65. The molecule has 0 aromatic heterocycles. The third kappa shape index (κ3) is 19.1. The summed E-state index contributed by atoms with van der Waals surface area (Å²) >= 11 is 20.5. The second kappa shape index (κ2) is 36.2. The van der Waals surface area contributed by atoms with Crippen LogP contribution in [0.2, 0.25) is 15.1 Å². The third-order valence-electron chi connectivity index (χ3n) is 20.6. The number of aliphatic carboxylic acids is 1. The van der Waals surface area contributed by atoms with Crippen molar-refractivity contribution >= 4 is 82.1 Å². The number of amides is 7. The number of carbonyl (C=O) groups excluding carboxylic acids is 7. The second-order valence-electron chi connectivity index (χ2n) is 29.5. The Kier molecular flexibility index (Phi) is 26.8. The van der Waals surface area contributed by atoms with Gasteiger partial charge in [-0.3, -0.25) is 33.6 Å². The van der Waals surface area contributed by atoms with Gasteiger partial charge in [0, 0.05) is 57.1 Å². The van der Waals surface area contributed by atoms with Crippen LogP contribution in [0.15, 0.2) is 133 Å². The fraction of sp³-hybridized carbons (Fsp3) is 0.375. The maximum absolute atomic E-state index is 16.2. The number of phenols is 3. The number of nitrogens with zero attached hydrogens (tertiary/aromatic N) is 3. The minimum atomic E-state index is -2.37. The van der Waals surface area contributed by atoms with Crippen molar-refractivity contribution in [3.63, 3.8) is 0 Å². The number of nitrogens with one attached hydrogen (secondary N) is 7. The lowest BCUT2D eigenvalue weighted by Gasteiger charge is -2.48. The Morgan fingerprint density at radius 1 is 0.684 bits per heavy atom. The van der Waals surface area contributed by atoms with Crippen LogP contribution in [0.25, 0.3) is 32.7 Å². The van der Waals surface area contributed by atoms with Crippen LogP contribution in [0.5, 0.6) is 46.0 Å². The maximum Gasteiger partial charge on any atom is 0.330 e. The van der Waals surface area contributed by atoms with Crippen LogP contribution in [0.4, 0.5) is 0 Å². The van der Waals surface area contributed by atoms with Crippen molar-refractivity contribution in [1.82, 2.24) is 37.2 Å². The van der Waals surface area contributed by atoms with E-state index in [1.807, 2.05) is 50.2 Å². The Morgan fingerprint density at radius 3 is 1.89 bits per heavy atom. The molecule has 7 aromatic carbocycles. The molecule has 0 radical (unpaired) electrons. The van der Waals surface area contributed by atoms with Crippen molar-refractivity contribution in [1.29, 1.82) is 0 Å². The van der Waals surface area contributed by atoms with Gasteiger partial charge in [0.05, 0.1) is 41.3 Å². The molecule has 0 spiro atoms. The summed E-state index contributed by atoms with van der Waals surface area (Å²) in [7, 11) is 0. The summed E-state index contributed by atoms with van der Waals surface area (Å²) in [6.45, 7) is 8.03. The fourth-order valence-corrected chi connectivity index (χ4v) is 15.1. The summed E-state index contributed by atoms with van der Waals surface area (Å²) in [5.74, 6) is -16.8. The van der Waals surface area contributed by atoms with Gasteiger partial charge in [-0.15, -0.1) is 0 Å². The van der Waals surface area contributed by atoms with E-state index >= 15 is 14.4 Å². The van der Waals surface area contributed by atoms with Crippen LogP contribution in [-0.2, 0) is 59.1 Å². The first kappa shape index (κ1) is 86.8. The Labute approximate surface area is 683 Å². The van der Waals surface area contributed by atoms with Gasteiger partial charge in [-0.25, -0.2) is 4.79 Å². The number of azide groups is 1. The van der Waals surface area contributed by atoms with Gasteiger partial charge in [-0.2, -0.15) is 0 Å². The maximum atomic E-state index is 16.2. The first-order valence-electron chi connectivity index (χ1n) is 36.6. The third-order valence-corrected chi connectivity index (χ3v) is 21.4. The molecular weight excluding hydrogens is 1590 g/mol. The Morgan fingerprint density at radius 2 is 1.28 bits per heavy atom. The number of hydrogen-bond acceptors (Lipinski definition) is 24. The lowest BCUT2D eigenvalue weighted by atomic mass is 9.84. The number of fused-ring (bicyclic) bond motifs is 15. The number of aliphatic hydroxyl groups excluding tert-OH is 5. The number of halogens is 3. The summed E-state index contributed by atoms with van der Waals surface area (Å²) < 4.78 is 39.7. The molecule has 7 amide bonds. The quantitative estimate of drug-likeness (QED) is 0.0242. The summed E-state index contributed by atoms with van der Waals surface area (Å²) in [6.07, 6.45) is -18.6. The number of rotatable bonds is 17. The fourth-order valence-electron chi connectivity index (χ4n) is 14.5. The van der Waals surface area contributed by atoms with E-state index in [1.165, 1.54) is 12.1 Å². The van der Waals surface area contributed by atoms with E-state index in [4.69, 9.17) is 69.0 Å². The molecule has 7 aliphatic heterocycles. The molecule has 11 bridgehead atoms. The average Bonchev–Trinajstić information content (AvgIpc) is 0.755. The molecule has 7 aliphatic rings. The molecule has 2 saturated heterocycles. The number of nitrogens with two attached hydrogens (primary N) is 1. The van der Waals surface area contributed by atoms with Gasteiger partial charge in [-0.1, -0.05) is 123 Å². The van der Waals surface area contributed by atoms with Crippen molar-refractivity contribution in [2.75, 3.05) is 6.54 Å². The number of carboxylic acids is 1. The number of carbonyl (C=O) groups is 8. The molecule has 18 N–H and O–H groups in total. The summed E-state index contributed by atoms with van der Waals surface area (Å²) in [5.41, 5.74) is 13.9. The molecule has 14 rings (SSSR count). The topological polar surface area (TPSA) is 533 Å². The summed E-state index contributed by atoms with van der Waals surface area (Å²) in [4.78, 5) is 121. The number of hydrogen-bond donors (Lipinski definition) is 17. The minimum Gasteiger partial charge on any atom is -0.508 e. The van der Waals surface area contributed by atoms with Crippen molar-refractivity contribution in [2.45, 2.75) is 171 Å². The van der Waals surface area contributed by atoms with Gasteiger partial charge in [0.2, 0.25) is 53.4 Å². The van der Waals surface area contributed by atoms with Crippen LogP contribution in [-0.4, -0.2) is 173 Å². The average molecular weight is 1680 g/mol. The zero-order chi connectivity index (χ0) is 83.6. The van der Waals surface area contributed by atoms with Gasteiger partial charge >= 0.3 is 5.97 Å². The highest BCUT2D eigenvalue weighted by Gasteiger charge is 2.52. The first-order chi connectivity index (χ1) is 55.1. The van der Waals surface area contributed by atoms with Crippen LogP contribution >= 0.6 is 34.8 Å². The van der Waals surface area contributed by atoms with Crippen LogP contribution in [0.3, 0.4) is 0 Å². The molecule has 37 heteroatoms. The molecule has 117 heavy (non-hydrogen) atoms. The Balaban J connectivity index is 0.0000134. The highest BCUT2D eigenvalue weighted by molar-refractivity contribution is 6.32. The second-order valence-corrected chi connectivity index (χ2v) is 30.7. The monoisotopic (exact) mass is 1670 g/mol.